The van der Waals surface area contributed by atoms with Crippen LogP contribution in [-0.2, 0) is 0 Å². The fourth-order valence-electron chi connectivity index (χ4n) is 2.95. The molecule has 2 atom stereocenters. The third-order valence-corrected chi connectivity index (χ3v) is 3.86. The second-order valence-electron chi connectivity index (χ2n) is 5.10. The van der Waals surface area contributed by atoms with Crippen molar-refractivity contribution in [3.05, 3.63) is 35.4 Å². The second-order valence-corrected chi connectivity index (χ2v) is 5.10. The molecular formula is C14H15NO2. The molecule has 3 rings (SSSR count). The molecule has 17 heavy (non-hydrogen) atoms. The molecule has 1 fully saturated rings. The molecule has 3 nitrogen and oxygen atoms in total. The van der Waals surface area contributed by atoms with Crippen molar-refractivity contribution in [2.75, 3.05) is 0 Å². The lowest BCUT2D eigenvalue weighted by Gasteiger charge is -2.21. The average Bonchev–Trinajstić information content (AvgIpc) is 2.84. The summed E-state index contributed by atoms with van der Waals surface area (Å²) in [5.41, 5.74) is 1.13. The molecule has 0 radical (unpaired) electrons. The zero-order chi connectivity index (χ0) is 12.0. The lowest BCUT2D eigenvalue weighted by molar-refractivity contribution is 0.0585. The van der Waals surface area contributed by atoms with Crippen molar-refractivity contribution in [1.29, 1.82) is 0 Å². The molecule has 1 aliphatic carbocycles. The standard InChI is InChI=1S/C14H15NO2/c1-9-6-7-10(8-9)15-13(16)11-4-2-3-5-12(11)14(15)17/h2-5,9-10H,6-8H2,1H3/t9-,10+/m1/s1. The van der Waals surface area contributed by atoms with Crippen LogP contribution in [0.5, 0.6) is 0 Å². The van der Waals surface area contributed by atoms with Crippen molar-refractivity contribution in [3.8, 4) is 0 Å². The Morgan fingerprint density at radius 1 is 1.06 bits per heavy atom. The molecule has 1 saturated carbocycles. The maximum absolute atomic E-state index is 12.2. The lowest BCUT2D eigenvalue weighted by atomic mass is 10.1. The minimum Gasteiger partial charge on any atom is -0.271 e. The number of fused-ring (bicyclic) bond motifs is 1. The van der Waals surface area contributed by atoms with Gasteiger partial charge in [0.05, 0.1) is 11.1 Å². The Hall–Kier alpha value is -1.64. The Morgan fingerprint density at radius 2 is 1.65 bits per heavy atom. The predicted molar refractivity (Wildman–Crippen MR) is 63.7 cm³/mol. The molecule has 0 saturated heterocycles. The van der Waals surface area contributed by atoms with Crippen molar-refractivity contribution in [1.82, 2.24) is 4.90 Å². The first-order valence-electron chi connectivity index (χ1n) is 6.15. The van der Waals surface area contributed by atoms with Crippen LogP contribution in [-0.4, -0.2) is 22.8 Å². The summed E-state index contributed by atoms with van der Waals surface area (Å²) in [5, 5.41) is 0. The predicted octanol–water partition coefficient (Wildman–Crippen LogP) is 2.47. The van der Waals surface area contributed by atoms with Crippen LogP contribution in [0.4, 0.5) is 0 Å². The Labute approximate surface area is 100 Å². The molecule has 1 aromatic rings. The first kappa shape index (κ1) is 10.5. The minimum absolute atomic E-state index is 0.107. The molecule has 0 aromatic heterocycles. The summed E-state index contributed by atoms with van der Waals surface area (Å²) < 4.78 is 0. The van der Waals surface area contributed by atoms with Gasteiger partial charge in [0.1, 0.15) is 0 Å². The van der Waals surface area contributed by atoms with Crippen LogP contribution in [0.3, 0.4) is 0 Å². The van der Waals surface area contributed by atoms with Gasteiger partial charge in [-0.15, -0.1) is 0 Å². The molecule has 2 aliphatic rings. The van der Waals surface area contributed by atoms with E-state index in [9.17, 15) is 9.59 Å². The van der Waals surface area contributed by atoms with E-state index in [-0.39, 0.29) is 17.9 Å². The number of nitrogens with zero attached hydrogens (tertiary/aromatic N) is 1. The normalized spacial score (nSPS) is 27.7. The lowest BCUT2D eigenvalue weighted by Crippen LogP contribution is -2.38. The van der Waals surface area contributed by atoms with Crippen LogP contribution in [0.15, 0.2) is 24.3 Å². The van der Waals surface area contributed by atoms with Gasteiger partial charge in [-0.2, -0.15) is 0 Å². The van der Waals surface area contributed by atoms with Gasteiger partial charge in [-0.25, -0.2) is 0 Å². The molecule has 88 valence electrons. The average molecular weight is 229 g/mol. The Kier molecular flexibility index (Phi) is 2.28. The Morgan fingerprint density at radius 3 is 2.12 bits per heavy atom. The highest BCUT2D eigenvalue weighted by Gasteiger charge is 2.41. The number of amides is 2. The number of carbonyl (C=O) groups is 2. The second kappa shape index (κ2) is 3.69. The SMILES string of the molecule is C[C@@H]1CC[C@H](N2C(=O)c3ccccc3C2=O)C1. The van der Waals surface area contributed by atoms with Crippen molar-refractivity contribution in [2.24, 2.45) is 5.92 Å². The molecular weight excluding hydrogens is 214 g/mol. The van der Waals surface area contributed by atoms with Gasteiger partial charge in [0.15, 0.2) is 0 Å². The highest BCUT2D eigenvalue weighted by atomic mass is 16.2. The number of carbonyl (C=O) groups excluding carboxylic acids is 2. The van der Waals surface area contributed by atoms with Crippen LogP contribution in [0.25, 0.3) is 0 Å². The highest BCUT2D eigenvalue weighted by molar-refractivity contribution is 6.21. The third-order valence-electron chi connectivity index (χ3n) is 3.86. The molecule has 0 spiro atoms. The highest BCUT2D eigenvalue weighted by Crippen LogP contribution is 2.34. The number of imide groups is 1. The van der Waals surface area contributed by atoms with E-state index in [1.54, 1.807) is 12.1 Å². The van der Waals surface area contributed by atoms with Gasteiger partial charge < -0.3 is 0 Å². The van der Waals surface area contributed by atoms with Gasteiger partial charge in [0.25, 0.3) is 11.8 Å². The van der Waals surface area contributed by atoms with Crippen LogP contribution in [0.2, 0.25) is 0 Å². The van der Waals surface area contributed by atoms with E-state index in [0.717, 1.165) is 19.3 Å². The molecule has 2 amide bonds. The largest absolute Gasteiger partial charge is 0.271 e. The maximum atomic E-state index is 12.2. The van der Waals surface area contributed by atoms with Gasteiger partial charge >= 0.3 is 0 Å². The van der Waals surface area contributed by atoms with Crippen molar-refractivity contribution in [2.45, 2.75) is 32.2 Å². The van der Waals surface area contributed by atoms with E-state index in [4.69, 9.17) is 0 Å². The number of hydrogen-bond acceptors (Lipinski definition) is 2. The zero-order valence-electron chi connectivity index (χ0n) is 9.85. The van der Waals surface area contributed by atoms with Crippen LogP contribution in [0.1, 0.15) is 46.9 Å². The summed E-state index contributed by atoms with van der Waals surface area (Å²) in [5.74, 6) is 0.402. The monoisotopic (exact) mass is 229 g/mol. The minimum atomic E-state index is -0.107. The van der Waals surface area contributed by atoms with Crippen molar-refractivity contribution in [3.63, 3.8) is 0 Å². The van der Waals surface area contributed by atoms with E-state index >= 15 is 0 Å². The first-order chi connectivity index (χ1) is 8.18. The van der Waals surface area contributed by atoms with E-state index in [1.165, 1.54) is 4.90 Å². The smallest absolute Gasteiger partial charge is 0.261 e. The van der Waals surface area contributed by atoms with Gasteiger partial charge in [-0.05, 0) is 37.3 Å². The van der Waals surface area contributed by atoms with E-state index < -0.39 is 0 Å². The van der Waals surface area contributed by atoms with E-state index in [0.29, 0.717) is 17.0 Å². The van der Waals surface area contributed by atoms with Gasteiger partial charge in [0, 0.05) is 6.04 Å². The molecule has 0 unspecified atom stereocenters. The number of rotatable bonds is 1. The molecule has 3 heteroatoms. The quantitative estimate of drug-likeness (QED) is 0.694. The third kappa shape index (κ3) is 1.49. The first-order valence-corrected chi connectivity index (χ1v) is 6.15. The summed E-state index contributed by atoms with van der Waals surface area (Å²) in [6, 6.07) is 7.22. The molecule has 1 aromatic carbocycles. The summed E-state index contributed by atoms with van der Waals surface area (Å²) >= 11 is 0. The fraction of sp³-hybridized carbons (Fsp3) is 0.429. The fourth-order valence-corrected chi connectivity index (χ4v) is 2.95. The van der Waals surface area contributed by atoms with Crippen LogP contribution < -0.4 is 0 Å². The molecule has 1 heterocycles. The topological polar surface area (TPSA) is 37.4 Å². The zero-order valence-corrected chi connectivity index (χ0v) is 9.85. The van der Waals surface area contributed by atoms with Gasteiger partial charge in [-0.3, -0.25) is 14.5 Å². The summed E-state index contributed by atoms with van der Waals surface area (Å²) in [6.45, 7) is 2.18. The number of hydrogen-bond donors (Lipinski definition) is 0. The maximum Gasteiger partial charge on any atom is 0.261 e. The summed E-state index contributed by atoms with van der Waals surface area (Å²) in [4.78, 5) is 25.9. The van der Waals surface area contributed by atoms with Crippen LogP contribution >= 0.6 is 0 Å². The number of benzene rings is 1. The summed E-state index contributed by atoms with van der Waals surface area (Å²) in [7, 11) is 0. The molecule has 0 N–H and O–H groups in total. The Bertz CT molecular complexity index is 460. The molecule has 0 bridgehead atoms. The van der Waals surface area contributed by atoms with Gasteiger partial charge in [0.2, 0.25) is 0 Å². The molecule has 1 aliphatic heterocycles. The van der Waals surface area contributed by atoms with Crippen molar-refractivity contribution < 1.29 is 9.59 Å². The van der Waals surface area contributed by atoms with Gasteiger partial charge in [-0.1, -0.05) is 19.1 Å². The van der Waals surface area contributed by atoms with Crippen molar-refractivity contribution >= 4 is 11.8 Å². The van der Waals surface area contributed by atoms with E-state index in [1.807, 2.05) is 12.1 Å². The Balaban J connectivity index is 1.95. The van der Waals surface area contributed by atoms with Crippen LogP contribution in [0, 0.1) is 5.92 Å². The summed E-state index contributed by atoms with van der Waals surface area (Å²) in [6.07, 6.45) is 3.01. The van der Waals surface area contributed by atoms with E-state index in [2.05, 4.69) is 6.92 Å².